The summed E-state index contributed by atoms with van der Waals surface area (Å²) < 4.78 is 5.66. The summed E-state index contributed by atoms with van der Waals surface area (Å²) in [4.78, 5) is 16.3. The quantitative estimate of drug-likeness (QED) is 0.854. The predicted molar refractivity (Wildman–Crippen MR) is 106 cm³/mol. The van der Waals surface area contributed by atoms with Crippen molar-refractivity contribution in [2.45, 2.75) is 44.9 Å². The Morgan fingerprint density at radius 1 is 1.35 bits per heavy atom. The zero-order chi connectivity index (χ0) is 17.9. The number of carbonyl (C=O) groups excluding carboxylic acids is 1. The van der Waals surface area contributed by atoms with Crippen LogP contribution < -0.4 is 15.5 Å². The van der Waals surface area contributed by atoms with Crippen molar-refractivity contribution in [1.29, 1.82) is 0 Å². The average molecular weight is 372 g/mol. The van der Waals surface area contributed by atoms with E-state index >= 15 is 0 Å². The number of hydrogen-bond donors (Lipinski definition) is 2. The van der Waals surface area contributed by atoms with Gasteiger partial charge in [0.25, 0.3) is 0 Å². The fourth-order valence-corrected chi connectivity index (χ4v) is 4.65. The molecule has 2 amide bonds. The van der Waals surface area contributed by atoms with Crippen molar-refractivity contribution < 1.29 is 9.53 Å². The second kappa shape index (κ2) is 7.68. The van der Waals surface area contributed by atoms with Gasteiger partial charge < -0.3 is 20.3 Å². The third kappa shape index (κ3) is 3.71. The van der Waals surface area contributed by atoms with Gasteiger partial charge in [-0.05, 0) is 55.3 Å². The van der Waals surface area contributed by atoms with Gasteiger partial charge in [-0.25, -0.2) is 4.79 Å². The third-order valence-corrected chi connectivity index (χ3v) is 6.20. The van der Waals surface area contributed by atoms with Gasteiger partial charge in [0.05, 0.1) is 23.5 Å². The Morgan fingerprint density at radius 2 is 2.23 bits per heavy atom. The molecule has 0 spiro atoms. The third-order valence-electron chi connectivity index (χ3n) is 5.18. The minimum absolute atomic E-state index is 0.00742. The van der Waals surface area contributed by atoms with Crippen molar-refractivity contribution >= 4 is 28.7 Å². The molecule has 1 aromatic heterocycles. The number of thiophene rings is 1. The van der Waals surface area contributed by atoms with Crippen LogP contribution in [0, 0.1) is 0 Å². The topological polar surface area (TPSA) is 53.6 Å². The lowest BCUT2D eigenvalue weighted by Gasteiger charge is -2.31. The number of ether oxygens (including phenoxy) is 1. The smallest absolute Gasteiger partial charge is 0.319 e. The van der Waals surface area contributed by atoms with Gasteiger partial charge in [-0.3, -0.25) is 0 Å². The van der Waals surface area contributed by atoms with E-state index in [2.05, 4.69) is 33.0 Å². The van der Waals surface area contributed by atoms with Crippen molar-refractivity contribution in [3.8, 4) is 0 Å². The SMILES string of the molecule is C[C@@H](NC(=O)Nc1ccccc1N1CCc2sccc2C1)[C@H]1CCCO1. The summed E-state index contributed by atoms with van der Waals surface area (Å²) in [7, 11) is 0. The maximum atomic E-state index is 12.5. The van der Waals surface area contributed by atoms with E-state index in [0.29, 0.717) is 0 Å². The van der Waals surface area contributed by atoms with Crippen LogP contribution in [0.15, 0.2) is 35.7 Å². The number of anilines is 2. The molecule has 0 unspecified atom stereocenters. The monoisotopic (exact) mass is 371 g/mol. The van der Waals surface area contributed by atoms with Gasteiger partial charge in [-0.1, -0.05) is 12.1 Å². The minimum Gasteiger partial charge on any atom is -0.376 e. The van der Waals surface area contributed by atoms with Gasteiger partial charge in [0.2, 0.25) is 0 Å². The molecule has 5 nitrogen and oxygen atoms in total. The molecule has 0 bridgehead atoms. The molecule has 3 heterocycles. The number of nitrogens with one attached hydrogen (secondary N) is 2. The molecule has 138 valence electrons. The molecule has 1 fully saturated rings. The summed E-state index contributed by atoms with van der Waals surface area (Å²) in [5, 5.41) is 8.22. The molecular formula is C20H25N3O2S. The molecule has 0 saturated carbocycles. The van der Waals surface area contributed by atoms with Crippen molar-refractivity contribution in [3.63, 3.8) is 0 Å². The van der Waals surface area contributed by atoms with Gasteiger partial charge >= 0.3 is 6.03 Å². The highest BCUT2D eigenvalue weighted by atomic mass is 32.1. The lowest BCUT2D eigenvalue weighted by atomic mass is 10.1. The maximum Gasteiger partial charge on any atom is 0.319 e. The first-order valence-electron chi connectivity index (χ1n) is 9.29. The van der Waals surface area contributed by atoms with E-state index < -0.39 is 0 Å². The van der Waals surface area contributed by atoms with Crippen LogP contribution in [0.5, 0.6) is 0 Å². The fourth-order valence-electron chi connectivity index (χ4n) is 3.76. The molecule has 2 aliphatic heterocycles. The van der Waals surface area contributed by atoms with Gasteiger partial charge in [0.15, 0.2) is 0 Å². The standard InChI is InChI=1S/C20H25N3O2S/c1-14(18-7-4-11-25-18)21-20(24)22-16-5-2-3-6-17(16)23-10-8-19-15(13-23)9-12-26-19/h2-3,5-6,9,12,14,18H,4,7-8,10-11,13H2,1H3,(H2,21,22,24)/t14-,18-/m1/s1. The number of amides is 2. The summed E-state index contributed by atoms with van der Waals surface area (Å²) in [6.45, 7) is 4.66. The van der Waals surface area contributed by atoms with Crippen LogP contribution in [0.4, 0.5) is 16.2 Å². The van der Waals surface area contributed by atoms with E-state index in [-0.39, 0.29) is 18.2 Å². The first kappa shape index (κ1) is 17.4. The number of hydrogen-bond acceptors (Lipinski definition) is 4. The van der Waals surface area contributed by atoms with E-state index in [1.54, 1.807) is 0 Å². The Morgan fingerprint density at radius 3 is 3.08 bits per heavy atom. The van der Waals surface area contributed by atoms with Gasteiger partial charge in [-0.15, -0.1) is 11.3 Å². The highest BCUT2D eigenvalue weighted by Gasteiger charge is 2.24. The van der Waals surface area contributed by atoms with Crippen LogP contribution in [-0.2, 0) is 17.7 Å². The molecule has 0 aliphatic carbocycles. The Bertz CT molecular complexity index is 770. The predicted octanol–water partition coefficient (Wildman–Crippen LogP) is 4.00. The molecule has 2 aromatic rings. The molecule has 6 heteroatoms. The number of rotatable bonds is 4. The molecule has 2 atom stereocenters. The summed E-state index contributed by atoms with van der Waals surface area (Å²) >= 11 is 1.84. The highest BCUT2D eigenvalue weighted by Crippen LogP contribution is 2.32. The average Bonchev–Trinajstić information content (AvgIpc) is 3.33. The zero-order valence-electron chi connectivity index (χ0n) is 15.0. The van der Waals surface area contributed by atoms with Crippen LogP contribution >= 0.6 is 11.3 Å². The molecule has 26 heavy (non-hydrogen) atoms. The number of fused-ring (bicyclic) bond motifs is 1. The van der Waals surface area contributed by atoms with Crippen LogP contribution in [0.3, 0.4) is 0 Å². The van der Waals surface area contributed by atoms with Crippen molar-refractivity contribution in [2.75, 3.05) is 23.4 Å². The molecule has 1 aromatic carbocycles. The van der Waals surface area contributed by atoms with Gasteiger partial charge in [-0.2, -0.15) is 0 Å². The highest BCUT2D eigenvalue weighted by molar-refractivity contribution is 7.10. The maximum absolute atomic E-state index is 12.5. The van der Waals surface area contributed by atoms with E-state index in [4.69, 9.17) is 4.74 Å². The molecular weight excluding hydrogens is 346 g/mol. The number of urea groups is 1. The molecule has 0 radical (unpaired) electrons. The molecule has 2 N–H and O–H groups in total. The van der Waals surface area contributed by atoms with Crippen LogP contribution in [0.2, 0.25) is 0 Å². The second-order valence-corrected chi connectivity index (χ2v) is 8.00. The fraction of sp³-hybridized carbons (Fsp3) is 0.450. The van der Waals surface area contributed by atoms with Crippen LogP contribution in [0.25, 0.3) is 0 Å². The normalized spacial score (nSPS) is 20.5. The first-order valence-corrected chi connectivity index (χ1v) is 10.2. The number of nitrogens with zero attached hydrogens (tertiary/aromatic N) is 1. The van der Waals surface area contributed by atoms with Crippen molar-refractivity contribution in [2.24, 2.45) is 0 Å². The Labute approximate surface area is 158 Å². The zero-order valence-corrected chi connectivity index (χ0v) is 15.8. The molecule has 2 aliphatic rings. The summed E-state index contributed by atoms with van der Waals surface area (Å²) in [6, 6.07) is 10.1. The summed E-state index contributed by atoms with van der Waals surface area (Å²) in [5.74, 6) is 0. The Kier molecular flexibility index (Phi) is 5.13. The lowest BCUT2D eigenvalue weighted by molar-refractivity contribution is 0.0868. The van der Waals surface area contributed by atoms with E-state index in [1.165, 1.54) is 10.4 Å². The number of benzene rings is 1. The van der Waals surface area contributed by atoms with Crippen molar-refractivity contribution in [1.82, 2.24) is 5.32 Å². The van der Waals surface area contributed by atoms with Crippen molar-refractivity contribution in [3.05, 3.63) is 46.2 Å². The Balaban J connectivity index is 1.43. The van der Waals surface area contributed by atoms with E-state index in [1.807, 2.05) is 36.5 Å². The second-order valence-electron chi connectivity index (χ2n) is 7.00. The minimum atomic E-state index is -0.173. The van der Waals surface area contributed by atoms with E-state index in [9.17, 15) is 4.79 Å². The van der Waals surface area contributed by atoms with Gasteiger partial charge in [0.1, 0.15) is 0 Å². The van der Waals surface area contributed by atoms with Gasteiger partial charge in [0, 0.05) is 24.6 Å². The summed E-state index contributed by atoms with van der Waals surface area (Å²) in [6.07, 6.45) is 3.26. The van der Waals surface area contributed by atoms with Crippen LogP contribution in [0.1, 0.15) is 30.2 Å². The van der Waals surface area contributed by atoms with Crippen LogP contribution in [-0.4, -0.2) is 31.3 Å². The lowest BCUT2D eigenvalue weighted by Crippen LogP contribution is -2.43. The Hall–Kier alpha value is -2.05. The largest absolute Gasteiger partial charge is 0.376 e. The number of carbonyl (C=O) groups is 1. The summed E-state index contributed by atoms with van der Waals surface area (Å²) in [5.41, 5.74) is 3.32. The first-order chi connectivity index (χ1) is 12.7. The number of para-hydroxylation sites is 2. The van der Waals surface area contributed by atoms with E-state index in [0.717, 1.165) is 50.3 Å². The molecule has 1 saturated heterocycles. The molecule has 4 rings (SSSR count).